The lowest BCUT2D eigenvalue weighted by Gasteiger charge is -2.07. The van der Waals surface area contributed by atoms with Crippen LogP contribution in [0.15, 0.2) is 54.6 Å². The van der Waals surface area contributed by atoms with Crippen LogP contribution < -0.4 is 10.1 Å². The van der Waals surface area contributed by atoms with Crippen molar-refractivity contribution in [2.45, 2.75) is 32.6 Å². The van der Waals surface area contributed by atoms with E-state index in [0.717, 1.165) is 19.3 Å². The summed E-state index contributed by atoms with van der Waals surface area (Å²) in [5.41, 5.74) is 1.25. The van der Waals surface area contributed by atoms with Crippen LogP contribution in [0.3, 0.4) is 0 Å². The summed E-state index contributed by atoms with van der Waals surface area (Å²) < 4.78 is 5.25. The van der Waals surface area contributed by atoms with Gasteiger partial charge in [-0.25, -0.2) is 0 Å². The summed E-state index contributed by atoms with van der Waals surface area (Å²) in [6, 6.07) is 15.8. The zero-order chi connectivity index (χ0) is 16.5. The largest absolute Gasteiger partial charge is 0.427 e. The first-order valence-electron chi connectivity index (χ1n) is 7.86. The molecule has 2 aromatic rings. The second-order valence-electron chi connectivity index (χ2n) is 5.28. The monoisotopic (exact) mass is 311 g/mol. The summed E-state index contributed by atoms with van der Waals surface area (Å²) in [5, 5.41) is 2.80. The molecule has 0 fully saturated rings. The van der Waals surface area contributed by atoms with Crippen molar-refractivity contribution < 1.29 is 14.3 Å². The molecule has 0 bridgehead atoms. The summed E-state index contributed by atoms with van der Waals surface area (Å²) in [6.45, 7) is 2.09. The summed E-state index contributed by atoms with van der Waals surface area (Å²) in [4.78, 5) is 23.7. The average molecular weight is 311 g/mol. The molecule has 0 unspecified atom stereocenters. The number of ether oxygens (including phenoxy) is 1. The first-order valence-corrected chi connectivity index (χ1v) is 7.86. The number of anilines is 1. The molecule has 0 aliphatic carbocycles. The van der Waals surface area contributed by atoms with Crippen molar-refractivity contribution in [2.24, 2.45) is 0 Å². The minimum absolute atomic E-state index is 0.171. The maximum Gasteiger partial charge on any atom is 0.311 e. The van der Waals surface area contributed by atoms with Gasteiger partial charge in [-0.3, -0.25) is 9.59 Å². The third kappa shape index (κ3) is 5.58. The van der Waals surface area contributed by atoms with Crippen LogP contribution in [0, 0.1) is 0 Å². The maximum atomic E-state index is 12.0. The number of rotatable bonds is 7. The quantitative estimate of drug-likeness (QED) is 0.468. The van der Waals surface area contributed by atoms with Crippen LogP contribution in [-0.2, 0) is 4.79 Å². The Balaban J connectivity index is 1.87. The molecule has 0 aliphatic rings. The molecule has 120 valence electrons. The van der Waals surface area contributed by atoms with Gasteiger partial charge in [0.15, 0.2) is 0 Å². The average Bonchev–Trinajstić information content (AvgIpc) is 2.57. The van der Waals surface area contributed by atoms with Crippen LogP contribution in [0.5, 0.6) is 5.75 Å². The standard InChI is InChI=1S/C19H21NO3/c1-2-3-5-10-18(21)23-17-13-11-16(12-14-17)20-19(22)15-8-6-4-7-9-15/h4,6-9,11-14H,2-3,5,10H2,1H3,(H,20,22). The lowest BCUT2D eigenvalue weighted by Crippen LogP contribution is -2.11. The van der Waals surface area contributed by atoms with E-state index >= 15 is 0 Å². The van der Waals surface area contributed by atoms with Gasteiger partial charge >= 0.3 is 5.97 Å². The topological polar surface area (TPSA) is 55.4 Å². The van der Waals surface area contributed by atoms with Crippen LogP contribution in [0.1, 0.15) is 43.0 Å². The lowest BCUT2D eigenvalue weighted by molar-refractivity contribution is -0.134. The third-order valence-electron chi connectivity index (χ3n) is 3.36. The highest BCUT2D eigenvalue weighted by atomic mass is 16.5. The zero-order valence-corrected chi connectivity index (χ0v) is 13.2. The fourth-order valence-electron chi connectivity index (χ4n) is 2.10. The van der Waals surface area contributed by atoms with Crippen molar-refractivity contribution >= 4 is 17.6 Å². The number of nitrogens with one attached hydrogen (secondary N) is 1. The van der Waals surface area contributed by atoms with E-state index in [1.165, 1.54) is 0 Å². The minimum atomic E-state index is -0.223. The van der Waals surface area contributed by atoms with E-state index in [4.69, 9.17) is 4.74 Å². The van der Waals surface area contributed by atoms with Crippen LogP contribution in [-0.4, -0.2) is 11.9 Å². The lowest BCUT2D eigenvalue weighted by atomic mass is 10.2. The van der Waals surface area contributed by atoms with E-state index in [2.05, 4.69) is 12.2 Å². The molecule has 2 rings (SSSR count). The van der Waals surface area contributed by atoms with Gasteiger partial charge in [0.05, 0.1) is 0 Å². The molecule has 23 heavy (non-hydrogen) atoms. The van der Waals surface area contributed by atoms with E-state index in [9.17, 15) is 9.59 Å². The van der Waals surface area contributed by atoms with E-state index in [0.29, 0.717) is 23.4 Å². The van der Waals surface area contributed by atoms with Gasteiger partial charge < -0.3 is 10.1 Å². The van der Waals surface area contributed by atoms with Gasteiger partial charge in [0.25, 0.3) is 5.91 Å². The maximum absolute atomic E-state index is 12.0. The molecule has 0 saturated heterocycles. The van der Waals surface area contributed by atoms with Crippen molar-refractivity contribution in [1.82, 2.24) is 0 Å². The Morgan fingerprint density at radius 3 is 2.30 bits per heavy atom. The molecule has 0 heterocycles. The van der Waals surface area contributed by atoms with Gasteiger partial charge in [-0.05, 0) is 42.8 Å². The minimum Gasteiger partial charge on any atom is -0.427 e. The van der Waals surface area contributed by atoms with Crippen LogP contribution >= 0.6 is 0 Å². The van der Waals surface area contributed by atoms with Gasteiger partial charge in [-0.2, -0.15) is 0 Å². The second-order valence-corrected chi connectivity index (χ2v) is 5.28. The molecule has 1 amide bonds. The molecule has 0 saturated carbocycles. The molecule has 0 aromatic heterocycles. The van der Waals surface area contributed by atoms with Crippen LogP contribution in [0.4, 0.5) is 5.69 Å². The molecule has 0 radical (unpaired) electrons. The van der Waals surface area contributed by atoms with E-state index in [1.54, 1.807) is 36.4 Å². The number of hydrogen-bond acceptors (Lipinski definition) is 3. The third-order valence-corrected chi connectivity index (χ3v) is 3.36. The molecular weight excluding hydrogens is 290 g/mol. The number of benzene rings is 2. The van der Waals surface area contributed by atoms with Gasteiger partial charge in [-0.1, -0.05) is 38.0 Å². The Morgan fingerprint density at radius 2 is 1.65 bits per heavy atom. The number of carbonyl (C=O) groups excluding carboxylic acids is 2. The van der Waals surface area contributed by atoms with Gasteiger partial charge in [0, 0.05) is 17.7 Å². The highest BCUT2D eigenvalue weighted by Gasteiger charge is 2.07. The first-order chi connectivity index (χ1) is 11.2. The fourth-order valence-corrected chi connectivity index (χ4v) is 2.10. The van der Waals surface area contributed by atoms with Crippen molar-refractivity contribution in [3.8, 4) is 5.75 Å². The van der Waals surface area contributed by atoms with E-state index in [1.807, 2.05) is 18.2 Å². The molecular formula is C19H21NO3. The Bertz CT molecular complexity index is 635. The van der Waals surface area contributed by atoms with E-state index < -0.39 is 0 Å². The number of esters is 1. The summed E-state index contributed by atoms with van der Waals surface area (Å²) in [5.74, 6) is 0.0960. The molecule has 4 nitrogen and oxygen atoms in total. The summed E-state index contributed by atoms with van der Waals surface area (Å²) >= 11 is 0. The highest BCUT2D eigenvalue weighted by molar-refractivity contribution is 6.04. The summed E-state index contributed by atoms with van der Waals surface area (Å²) in [7, 11) is 0. The molecule has 4 heteroatoms. The second kappa shape index (κ2) is 8.73. The van der Waals surface area contributed by atoms with Crippen molar-refractivity contribution in [1.29, 1.82) is 0 Å². The SMILES string of the molecule is CCCCCC(=O)Oc1ccc(NC(=O)c2ccccc2)cc1. The van der Waals surface area contributed by atoms with Crippen molar-refractivity contribution in [3.63, 3.8) is 0 Å². The predicted octanol–water partition coefficient (Wildman–Crippen LogP) is 4.42. The van der Waals surface area contributed by atoms with Gasteiger partial charge in [0.2, 0.25) is 0 Å². The number of hydrogen-bond donors (Lipinski definition) is 1. The Hall–Kier alpha value is -2.62. The van der Waals surface area contributed by atoms with Crippen molar-refractivity contribution in [3.05, 3.63) is 60.2 Å². The highest BCUT2D eigenvalue weighted by Crippen LogP contribution is 2.17. The van der Waals surface area contributed by atoms with Gasteiger partial charge in [0.1, 0.15) is 5.75 Å². The normalized spacial score (nSPS) is 10.1. The predicted molar refractivity (Wildman–Crippen MR) is 90.6 cm³/mol. The van der Waals surface area contributed by atoms with Gasteiger partial charge in [-0.15, -0.1) is 0 Å². The molecule has 0 aliphatic heterocycles. The molecule has 0 atom stereocenters. The fraction of sp³-hybridized carbons (Fsp3) is 0.263. The molecule has 2 aromatic carbocycles. The molecule has 1 N–H and O–H groups in total. The number of unbranched alkanes of at least 4 members (excludes halogenated alkanes) is 2. The Kier molecular flexibility index (Phi) is 6.36. The molecule has 0 spiro atoms. The van der Waals surface area contributed by atoms with Crippen molar-refractivity contribution in [2.75, 3.05) is 5.32 Å². The smallest absolute Gasteiger partial charge is 0.311 e. The Morgan fingerprint density at radius 1 is 0.957 bits per heavy atom. The number of carbonyl (C=O) groups is 2. The first kappa shape index (κ1) is 16.7. The number of amides is 1. The van der Waals surface area contributed by atoms with E-state index in [-0.39, 0.29) is 11.9 Å². The summed E-state index contributed by atoms with van der Waals surface area (Å²) in [6.07, 6.45) is 3.38. The zero-order valence-electron chi connectivity index (χ0n) is 13.2. The van der Waals surface area contributed by atoms with Crippen LogP contribution in [0.25, 0.3) is 0 Å². The Labute approximate surface area is 136 Å². The van der Waals surface area contributed by atoms with Crippen LogP contribution in [0.2, 0.25) is 0 Å².